The Kier molecular flexibility index (Phi) is 4.15. The third-order valence-corrected chi connectivity index (χ3v) is 3.78. The van der Waals surface area contributed by atoms with E-state index in [9.17, 15) is 0 Å². The molecule has 1 aliphatic heterocycles. The van der Waals surface area contributed by atoms with Crippen LogP contribution in [0.2, 0.25) is 0 Å². The number of ether oxygens (including phenoxy) is 2. The van der Waals surface area contributed by atoms with Gasteiger partial charge in [0.25, 0.3) is 0 Å². The molecule has 0 saturated carbocycles. The van der Waals surface area contributed by atoms with Crippen LogP contribution in [0.1, 0.15) is 53.0 Å². The van der Waals surface area contributed by atoms with Crippen molar-refractivity contribution in [1.29, 1.82) is 0 Å². The zero-order valence-electron chi connectivity index (χ0n) is 13.7. The van der Waals surface area contributed by atoms with E-state index in [1.807, 2.05) is 0 Å². The number of epoxide rings is 1. The second-order valence-corrected chi connectivity index (χ2v) is 8.00. The highest BCUT2D eigenvalue weighted by Crippen LogP contribution is 2.47. The minimum atomic E-state index is 0.239. The van der Waals surface area contributed by atoms with Crippen molar-refractivity contribution < 1.29 is 9.47 Å². The van der Waals surface area contributed by atoms with E-state index in [1.54, 1.807) is 0 Å². The van der Waals surface area contributed by atoms with E-state index in [2.05, 4.69) is 65.8 Å². The molecule has 1 aromatic carbocycles. The molecule has 2 rings (SSSR count). The van der Waals surface area contributed by atoms with Gasteiger partial charge in [0, 0.05) is 0 Å². The molecule has 1 heterocycles. The molecule has 1 fully saturated rings. The van der Waals surface area contributed by atoms with Gasteiger partial charge in [-0.25, -0.2) is 0 Å². The molecule has 1 saturated heterocycles. The molecule has 1 aliphatic rings. The van der Waals surface area contributed by atoms with Crippen LogP contribution in [0, 0.1) is 10.8 Å². The van der Waals surface area contributed by atoms with Crippen molar-refractivity contribution in [2.24, 2.45) is 10.8 Å². The highest BCUT2D eigenvalue weighted by atomic mass is 16.6. The van der Waals surface area contributed by atoms with Crippen molar-refractivity contribution in [2.45, 2.75) is 53.6 Å². The lowest BCUT2D eigenvalue weighted by molar-refractivity contribution is 0.176. The Morgan fingerprint density at radius 2 is 1.55 bits per heavy atom. The molecule has 0 bridgehead atoms. The molecule has 1 atom stereocenters. The van der Waals surface area contributed by atoms with E-state index in [-0.39, 0.29) is 10.8 Å². The van der Waals surface area contributed by atoms with Crippen LogP contribution >= 0.6 is 0 Å². The van der Waals surface area contributed by atoms with Crippen LogP contribution < -0.4 is 4.74 Å². The van der Waals surface area contributed by atoms with Crippen LogP contribution in [0.5, 0.6) is 5.75 Å². The average Bonchev–Trinajstić information content (AvgIpc) is 3.08. The molecule has 0 spiro atoms. The van der Waals surface area contributed by atoms with Crippen molar-refractivity contribution in [2.75, 3.05) is 13.2 Å². The Morgan fingerprint density at radius 1 is 1.05 bits per heavy atom. The van der Waals surface area contributed by atoms with Crippen LogP contribution in [0.15, 0.2) is 24.3 Å². The molecule has 0 aliphatic carbocycles. The number of rotatable bonds is 4. The second kappa shape index (κ2) is 5.40. The minimum absolute atomic E-state index is 0.239. The third-order valence-electron chi connectivity index (χ3n) is 3.78. The summed E-state index contributed by atoms with van der Waals surface area (Å²) in [6.07, 6.45) is 0.312. The first kappa shape index (κ1) is 15.4. The van der Waals surface area contributed by atoms with E-state index in [1.165, 1.54) is 5.56 Å². The Labute approximate surface area is 123 Å². The van der Waals surface area contributed by atoms with Gasteiger partial charge < -0.3 is 9.47 Å². The summed E-state index contributed by atoms with van der Waals surface area (Å²) in [6, 6.07) is 8.60. The van der Waals surface area contributed by atoms with Gasteiger partial charge in [-0.3, -0.25) is 0 Å². The van der Waals surface area contributed by atoms with Gasteiger partial charge in [-0.1, -0.05) is 53.7 Å². The molecular formula is C18H28O2. The topological polar surface area (TPSA) is 21.8 Å². The first-order valence-electron chi connectivity index (χ1n) is 7.52. The van der Waals surface area contributed by atoms with Crippen LogP contribution in [0.3, 0.4) is 0 Å². The predicted molar refractivity (Wildman–Crippen MR) is 83.3 cm³/mol. The fourth-order valence-electron chi connectivity index (χ4n) is 3.41. The summed E-state index contributed by atoms with van der Waals surface area (Å²) in [5.74, 6) is 1.45. The van der Waals surface area contributed by atoms with Crippen molar-refractivity contribution in [3.05, 3.63) is 29.8 Å². The summed E-state index contributed by atoms with van der Waals surface area (Å²) in [4.78, 5) is 0. The largest absolute Gasteiger partial charge is 0.491 e. The lowest BCUT2D eigenvalue weighted by Crippen LogP contribution is -2.30. The normalized spacial score (nSPS) is 19.2. The highest BCUT2D eigenvalue weighted by Gasteiger charge is 2.35. The smallest absolute Gasteiger partial charge is 0.119 e. The quantitative estimate of drug-likeness (QED) is 0.747. The van der Waals surface area contributed by atoms with Crippen molar-refractivity contribution in [3.8, 4) is 5.75 Å². The zero-order valence-corrected chi connectivity index (χ0v) is 13.7. The first-order valence-corrected chi connectivity index (χ1v) is 7.52. The van der Waals surface area contributed by atoms with E-state index in [4.69, 9.17) is 9.47 Å². The van der Waals surface area contributed by atoms with E-state index in [0.717, 1.165) is 12.4 Å². The number of hydrogen-bond donors (Lipinski definition) is 0. The lowest BCUT2D eigenvalue weighted by Gasteiger charge is -2.41. The molecule has 112 valence electrons. The molecule has 2 nitrogen and oxygen atoms in total. The Morgan fingerprint density at radius 3 is 1.95 bits per heavy atom. The Hall–Kier alpha value is -1.02. The average molecular weight is 276 g/mol. The van der Waals surface area contributed by atoms with Gasteiger partial charge in [-0.05, 0) is 34.4 Å². The summed E-state index contributed by atoms with van der Waals surface area (Å²) in [7, 11) is 0. The maximum absolute atomic E-state index is 5.71. The van der Waals surface area contributed by atoms with Gasteiger partial charge in [-0.15, -0.1) is 0 Å². The van der Waals surface area contributed by atoms with E-state index < -0.39 is 0 Å². The Balaban J connectivity index is 2.13. The van der Waals surface area contributed by atoms with Crippen molar-refractivity contribution >= 4 is 0 Å². The maximum Gasteiger partial charge on any atom is 0.119 e. The molecule has 1 aromatic rings. The summed E-state index contributed by atoms with van der Waals surface area (Å²) in [5, 5.41) is 0. The standard InChI is InChI=1S/C18H28O2/c1-17(2,3)16(18(4,5)6)13-7-9-14(10-8-13)19-11-15-12-20-15/h7-10,15-16H,11-12H2,1-6H3. The number of benzene rings is 1. The second-order valence-electron chi connectivity index (χ2n) is 8.00. The van der Waals surface area contributed by atoms with Gasteiger partial charge >= 0.3 is 0 Å². The van der Waals surface area contributed by atoms with Gasteiger partial charge in [0.1, 0.15) is 18.5 Å². The van der Waals surface area contributed by atoms with Gasteiger partial charge in [-0.2, -0.15) is 0 Å². The van der Waals surface area contributed by atoms with Crippen molar-refractivity contribution in [1.82, 2.24) is 0 Å². The minimum Gasteiger partial charge on any atom is -0.491 e. The van der Waals surface area contributed by atoms with Gasteiger partial charge in [0.15, 0.2) is 0 Å². The monoisotopic (exact) mass is 276 g/mol. The first-order chi connectivity index (χ1) is 9.18. The molecule has 1 unspecified atom stereocenters. The van der Waals surface area contributed by atoms with Gasteiger partial charge in [0.2, 0.25) is 0 Å². The maximum atomic E-state index is 5.71. The molecular weight excluding hydrogens is 248 g/mol. The molecule has 0 radical (unpaired) electrons. The van der Waals surface area contributed by atoms with Crippen LogP contribution in [-0.2, 0) is 4.74 Å². The molecule has 2 heteroatoms. The lowest BCUT2D eigenvalue weighted by atomic mass is 9.64. The van der Waals surface area contributed by atoms with Crippen molar-refractivity contribution in [3.63, 3.8) is 0 Å². The molecule has 0 amide bonds. The summed E-state index contributed by atoms with van der Waals surface area (Å²) in [6.45, 7) is 15.4. The predicted octanol–water partition coefficient (Wildman–Crippen LogP) is 4.64. The zero-order chi connectivity index (χ0) is 15.0. The van der Waals surface area contributed by atoms with Crippen LogP contribution in [0.4, 0.5) is 0 Å². The van der Waals surface area contributed by atoms with E-state index >= 15 is 0 Å². The Bertz CT molecular complexity index is 416. The summed E-state index contributed by atoms with van der Waals surface area (Å²) in [5.41, 5.74) is 1.87. The van der Waals surface area contributed by atoms with Crippen LogP contribution in [0.25, 0.3) is 0 Å². The molecule has 0 aromatic heterocycles. The highest BCUT2D eigenvalue weighted by molar-refractivity contribution is 5.31. The third kappa shape index (κ3) is 3.99. The number of hydrogen-bond acceptors (Lipinski definition) is 2. The molecule has 20 heavy (non-hydrogen) atoms. The molecule has 0 N–H and O–H groups in total. The SMILES string of the molecule is CC(C)(C)C(c1ccc(OCC2CO2)cc1)C(C)(C)C. The summed E-state index contributed by atoms with van der Waals surface area (Å²) >= 11 is 0. The summed E-state index contributed by atoms with van der Waals surface area (Å²) < 4.78 is 10.9. The van der Waals surface area contributed by atoms with E-state index in [0.29, 0.717) is 18.6 Å². The fourth-order valence-corrected chi connectivity index (χ4v) is 3.41. The van der Waals surface area contributed by atoms with Crippen LogP contribution in [-0.4, -0.2) is 19.3 Å². The van der Waals surface area contributed by atoms with Gasteiger partial charge in [0.05, 0.1) is 6.61 Å². The fraction of sp³-hybridized carbons (Fsp3) is 0.667.